The van der Waals surface area contributed by atoms with Gasteiger partial charge in [-0.05, 0) is 42.0 Å². The van der Waals surface area contributed by atoms with Crippen molar-refractivity contribution in [2.45, 2.75) is 0 Å². The van der Waals surface area contributed by atoms with Crippen molar-refractivity contribution < 1.29 is 14.2 Å². The highest BCUT2D eigenvalue weighted by atomic mass is 16.5. The first kappa shape index (κ1) is 15.0. The molecule has 0 spiro atoms. The Hall–Kier alpha value is -2.95. The molecule has 0 aliphatic rings. The fraction of sp³-hybridized carbons (Fsp3) is 0.167. The molecular weight excluding hydrogens is 292 g/mol. The maximum atomic E-state index is 5.30. The third-order valence-electron chi connectivity index (χ3n) is 3.60. The van der Waals surface area contributed by atoms with Gasteiger partial charge in [0, 0.05) is 11.6 Å². The third kappa shape index (κ3) is 3.13. The van der Waals surface area contributed by atoms with E-state index in [0.29, 0.717) is 0 Å². The van der Waals surface area contributed by atoms with E-state index in [1.807, 2.05) is 48.7 Å². The van der Waals surface area contributed by atoms with E-state index in [9.17, 15) is 0 Å². The van der Waals surface area contributed by atoms with Crippen molar-refractivity contribution in [3.8, 4) is 39.9 Å². The number of hydrogen-bond acceptors (Lipinski definition) is 4. The Balaban J connectivity index is 1.94. The Bertz CT molecular complexity index is 772. The van der Waals surface area contributed by atoms with Crippen LogP contribution in [-0.2, 0) is 0 Å². The van der Waals surface area contributed by atoms with E-state index < -0.39 is 0 Å². The SMILES string of the molecule is COc1ccc(-c2cnc(-c3cc(OC)cc(OC)c3)[nH]2)cc1. The quantitative estimate of drug-likeness (QED) is 0.779. The molecule has 0 saturated heterocycles. The van der Waals surface area contributed by atoms with Gasteiger partial charge in [-0.1, -0.05) is 0 Å². The van der Waals surface area contributed by atoms with Crippen molar-refractivity contribution in [1.29, 1.82) is 0 Å². The summed E-state index contributed by atoms with van der Waals surface area (Å²) in [6.07, 6.45) is 1.81. The predicted molar refractivity (Wildman–Crippen MR) is 89.1 cm³/mol. The zero-order valence-corrected chi connectivity index (χ0v) is 13.3. The zero-order chi connectivity index (χ0) is 16.2. The predicted octanol–water partition coefficient (Wildman–Crippen LogP) is 3.77. The first-order valence-electron chi connectivity index (χ1n) is 7.16. The smallest absolute Gasteiger partial charge is 0.138 e. The second-order valence-electron chi connectivity index (χ2n) is 4.98. The number of hydrogen-bond donors (Lipinski definition) is 1. The summed E-state index contributed by atoms with van der Waals surface area (Å²) in [6.45, 7) is 0. The number of H-pyrrole nitrogens is 1. The van der Waals surface area contributed by atoms with Crippen LogP contribution in [0.1, 0.15) is 0 Å². The van der Waals surface area contributed by atoms with Gasteiger partial charge < -0.3 is 19.2 Å². The summed E-state index contributed by atoms with van der Waals surface area (Å²) in [4.78, 5) is 7.78. The van der Waals surface area contributed by atoms with Crippen LogP contribution in [0.25, 0.3) is 22.6 Å². The highest BCUT2D eigenvalue weighted by Crippen LogP contribution is 2.30. The van der Waals surface area contributed by atoms with Gasteiger partial charge in [0.25, 0.3) is 0 Å². The molecule has 3 aromatic rings. The van der Waals surface area contributed by atoms with Crippen LogP contribution in [-0.4, -0.2) is 31.3 Å². The molecular formula is C18H18N2O3. The van der Waals surface area contributed by atoms with E-state index in [1.54, 1.807) is 21.3 Å². The molecule has 5 heteroatoms. The Morgan fingerprint density at radius 2 is 1.35 bits per heavy atom. The first-order chi connectivity index (χ1) is 11.2. The molecule has 5 nitrogen and oxygen atoms in total. The van der Waals surface area contributed by atoms with Crippen molar-refractivity contribution in [3.63, 3.8) is 0 Å². The summed E-state index contributed by atoms with van der Waals surface area (Å²) < 4.78 is 15.8. The number of imidazole rings is 1. The lowest BCUT2D eigenvalue weighted by Gasteiger charge is -2.06. The Morgan fingerprint density at radius 3 is 1.91 bits per heavy atom. The maximum absolute atomic E-state index is 5.30. The molecule has 118 valence electrons. The van der Waals surface area contributed by atoms with E-state index in [1.165, 1.54) is 0 Å². The van der Waals surface area contributed by atoms with Gasteiger partial charge in [-0.2, -0.15) is 0 Å². The Morgan fingerprint density at radius 1 is 0.739 bits per heavy atom. The van der Waals surface area contributed by atoms with Crippen LogP contribution in [0, 0.1) is 0 Å². The molecule has 2 aromatic carbocycles. The summed E-state index contributed by atoms with van der Waals surface area (Å²) in [6, 6.07) is 13.5. The van der Waals surface area contributed by atoms with E-state index in [0.717, 1.165) is 39.9 Å². The minimum absolute atomic E-state index is 0.724. The monoisotopic (exact) mass is 310 g/mol. The highest BCUT2D eigenvalue weighted by molar-refractivity contribution is 5.67. The minimum Gasteiger partial charge on any atom is -0.497 e. The molecule has 0 aliphatic heterocycles. The lowest BCUT2D eigenvalue weighted by atomic mass is 10.1. The number of ether oxygens (including phenoxy) is 3. The molecule has 0 bridgehead atoms. The van der Waals surface area contributed by atoms with Crippen molar-refractivity contribution in [2.24, 2.45) is 0 Å². The number of benzene rings is 2. The summed E-state index contributed by atoms with van der Waals surface area (Å²) in [5, 5.41) is 0. The van der Waals surface area contributed by atoms with Crippen molar-refractivity contribution in [2.75, 3.05) is 21.3 Å². The summed E-state index contributed by atoms with van der Waals surface area (Å²) in [5.74, 6) is 3.03. The van der Waals surface area contributed by atoms with E-state index in [2.05, 4.69) is 9.97 Å². The number of aromatic amines is 1. The first-order valence-corrected chi connectivity index (χ1v) is 7.16. The molecule has 0 fully saturated rings. The number of rotatable bonds is 5. The molecule has 0 unspecified atom stereocenters. The maximum Gasteiger partial charge on any atom is 0.138 e. The van der Waals surface area contributed by atoms with Crippen LogP contribution >= 0.6 is 0 Å². The second kappa shape index (κ2) is 6.44. The number of methoxy groups -OCH3 is 3. The van der Waals surface area contributed by atoms with Crippen molar-refractivity contribution in [1.82, 2.24) is 9.97 Å². The molecule has 1 aromatic heterocycles. The van der Waals surface area contributed by atoms with Crippen LogP contribution in [0.5, 0.6) is 17.2 Å². The van der Waals surface area contributed by atoms with Crippen LogP contribution < -0.4 is 14.2 Å². The highest BCUT2D eigenvalue weighted by Gasteiger charge is 2.09. The summed E-state index contributed by atoms with van der Waals surface area (Å²) in [7, 11) is 4.91. The van der Waals surface area contributed by atoms with Gasteiger partial charge in [0.2, 0.25) is 0 Å². The van der Waals surface area contributed by atoms with Gasteiger partial charge in [-0.3, -0.25) is 0 Å². The molecule has 1 N–H and O–H groups in total. The van der Waals surface area contributed by atoms with Crippen LogP contribution in [0.3, 0.4) is 0 Å². The Kier molecular flexibility index (Phi) is 4.19. The number of aromatic nitrogens is 2. The summed E-state index contributed by atoms with van der Waals surface area (Å²) >= 11 is 0. The molecule has 0 amide bonds. The van der Waals surface area contributed by atoms with Crippen molar-refractivity contribution in [3.05, 3.63) is 48.7 Å². The van der Waals surface area contributed by atoms with Gasteiger partial charge in [-0.25, -0.2) is 4.98 Å². The van der Waals surface area contributed by atoms with Gasteiger partial charge in [0.15, 0.2) is 0 Å². The van der Waals surface area contributed by atoms with Gasteiger partial charge in [-0.15, -0.1) is 0 Å². The second-order valence-corrected chi connectivity index (χ2v) is 4.98. The molecule has 0 radical (unpaired) electrons. The van der Waals surface area contributed by atoms with Gasteiger partial charge >= 0.3 is 0 Å². The van der Waals surface area contributed by atoms with Gasteiger partial charge in [0.05, 0.1) is 33.2 Å². The van der Waals surface area contributed by atoms with Crippen molar-refractivity contribution >= 4 is 0 Å². The van der Waals surface area contributed by atoms with E-state index in [-0.39, 0.29) is 0 Å². The van der Waals surface area contributed by atoms with Gasteiger partial charge in [0.1, 0.15) is 23.1 Å². The minimum atomic E-state index is 0.724. The average molecular weight is 310 g/mol. The molecule has 0 aliphatic carbocycles. The average Bonchev–Trinajstić information content (AvgIpc) is 3.11. The topological polar surface area (TPSA) is 56.4 Å². The van der Waals surface area contributed by atoms with Crippen LogP contribution in [0.15, 0.2) is 48.7 Å². The molecule has 23 heavy (non-hydrogen) atoms. The fourth-order valence-electron chi connectivity index (χ4n) is 2.33. The largest absolute Gasteiger partial charge is 0.497 e. The van der Waals surface area contributed by atoms with Crippen LogP contribution in [0.4, 0.5) is 0 Å². The van der Waals surface area contributed by atoms with Crippen LogP contribution in [0.2, 0.25) is 0 Å². The third-order valence-corrected chi connectivity index (χ3v) is 3.60. The number of nitrogens with zero attached hydrogens (tertiary/aromatic N) is 1. The molecule has 1 heterocycles. The Labute approximate surface area is 134 Å². The normalized spacial score (nSPS) is 10.4. The lowest BCUT2D eigenvalue weighted by molar-refractivity contribution is 0.394. The standard InChI is InChI=1S/C18H18N2O3/c1-21-14-6-4-12(5-7-14)17-11-19-18(20-17)13-8-15(22-2)10-16(9-13)23-3/h4-11H,1-3H3,(H,19,20). The number of nitrogens with one attached hydrogen (secondary N) is 1. The molecule has 0 saturated carbocycles. The zero-order valence-electron chi connectivity index (χ0n) is 13.3. The molecule has 3 rings (SSSR count). The van der Waals surface area contributed by atoms with E-state index >= 15 is 0 Å². The summed E-state index contributed by atoms with van der Waals surface area (Å²) in [5.41, 5.74) is 2.88. The molecule has 0 atom stereocenters. The van der Waals surface area contributed by atoms with E-state index in [4.69, 9.17) is 14.2 Å². The fourth-order valence-corrected chi connectivity index (χ4v) is 2.33. The lowest BCUT2D eigenvalue weighted by Crippen LogP contribution is -1.89.